The first-order chi connectivity index (χ1) is 18.2. The third kappa shape index (κ3) is 6.47. The van der Waals surface area contributed by atoms with Crippen molar-refractivity contribution in [1.82, 2.24) is 20.4 Å². The lowest BCUT2D eigenvalue weighted by Crippen LogP contribution is -2.54. The summed E-state index contributed by atoms with van der Waals surface area (Å²) in [4.78, 5) is 31.8. The van der Waals surface area contributed by atoms with E-state index in [4.69, 9.17) is 10.8 Å². The van der Waals surface area contributed by atoms with E-state index >= 15 is 0 Å². The number of carbonyl (C=O) groups excluding carboxylic acids is 2. The number of carbonyl (C=O) groups is 2. The second-order valence-corrected chi connectivity index (χ2v) is 12.8. The van der Waals surface area contributed by atoms with Crippen molar-refractivity contribution in [2.45, 2.75) is 109 Å². The Labute approximate surface area is 231 Å². The Morgan fingerprint density at radius 2 is 1.74 bits per heavy atom. The van der Waals surface area contributed by atoms with E-state index in [1.165, 1.54) is 17.8 Å². The first-order valence-electron chi connectivity index (χ1n) is 14.5. The smallest absolute Gasteiger partial charge is 0.261 e. The fourth-order valence-corrected chi connectivity index (χ4v) is 7.79. The van der Waals surface area contributed by atoms with E-state index in [-0.39, 0.29) is 35.7 Å². The lowest BCUT2D eigenvalue weighted by Gasteiger charge is -2.44. The van der Waals surface area contributed by atoms with Gasteiger partial charge in [-0.3, -0.25) is 25.3 Å². The van der Waals surface area contributed by atoms with Crippen LogP contribution in [0.3, 0.4) is 0 Å². The van der Waals surface area contributed by atoms with Gasteiger partial charge in [0.25, 0.3) is 5.91 Å². The van der Waals surface area contributed by atoms with Gasteiger partial charge in [-0.05, 0) is 64.0 Å². The van der Waals surface area contributed by atoms with Gasteiger partial charge < -0.3 is 15.5 Å². The van der Waals surface area contributed by atoms with Crippen LogP contribution in [-0.4, -0.2) is 65.0 Å². The number of hydrogen-bond acceptors (Lipinski definition) is 6. The summed E-state index contributed by atoms with van der Waals surface area (Å²) in [5, 5.41) is 23.0. The van der Waals surface area contributed by atoms with Crippen molar-refractivity contribution in [3.63, 3.8) is 0 Å². The lowest BCUT2D eigenvalue weighted by molar-refractivity contribution is -0.126. The molecular weight excluding hydrogens is 496 g/mol. The van der Waals surface area contributed by atoms with Crippen LogP contribution < -0.4 is 10.6 Å². The van der Waals surface area contributed by atoms with Crippen LogP contribution in [0.25, 0.3) is 0 Å². The van der Waals surface area contributed by atoms with Crippen molar-refractivity contribution in [1.29, 1.82) is 10.8 Å². The van der Waals surface area contributed by atoms with E-state index < -0.39 is 0 Å². The molecule has 4 N–H and O–H groups in total. The van der Waals surface area contributed by atoms with E-state index in [0.29, 0.717) is 28.6 Å². The van der Waals surface area contributed by atoms with E-state index in [1.54, 1.807) is 14.0 Å². The second kappa shape index (κ2) is 12.7. The molecule has 3 fully saturated rings. The number of amides is 2. The molecule has 2 amide bonds. The molecular formula is C29H46N6O2S. The monoisotopic (exact) mass is 542 g/mol. The van der Waals surface area contributed by atoms with Gasteiger partial charge in [0.05, 0.1) is 16.8 Å². The van der Waals surface area contributed by atoms with Crippen LogP contribution >= 0.6 is 11.3 Å². The van der Waals surface area contributed by atoms with Gasteiger partial charge in [0.2, 0.25) is 5.91 Å². The van der Waals surface area contributed by atoms with Crippen molar-refractivity contribution >= 4 is 34.8 Å². The summed E-state index contributed by atoms with van der Waals surface area (Å²) in [5.74, 6) is 1.29. The maximum atomic E-state index is 13.2. The third-order valence-electron chi connectivity index (χ3n) is 8.78. The Morgan fingerprint density at radius 3 is 2.32 bits per heavy atom. The molecule has 3 unspecified atom stereocenters. The Bertz CT molecular complexity index is 1000. The molecule has 0 aromatic carbocycles. The maximum Gasteiger partial charge on any atom is 0.261 e. The molecule has 1 aliphatic carbocycles. The number of fused-ring (bicyclic) bond motifs is 2. The normalized spacial score (nSPS) is 24.7. The topological polar surface area (TPSA) is 112 Å². The molecule has 1 aromatic heterocycles. The second-order valence-electron chi connectivity index (χ2n) is 11.7. The van der Waals surface area contributed by atoms with Crippen LogP contribution in [0.2, 0.25) is 0 Å². The van der Waals surface area contributed by atoms with Crippen LogP contribution in [0.5, 0.6) is 0 Å². The highest BCUT2D eigenvalue weighted by Crippen LogP contribution is 2.39. The molecule has 1 saturated carbocycles. The largest absolute Gasteiger partial charge is 0.354 e. The Morgan fingerprint density at radius 1 is 1.08 bits per heavy atom. The van der Waals surface area contributed by atoms with Gasteiger partial charge in [0.15, 0.2) is 0 Å². The van der Waals surface area contributed by atoms with Gasteiger partial charge >= 0.3 is 0 Å². The van der Waals surface area contributed by atoms with Gasteiger partial charge in [-0.1, -0.05) is 33.1 Å². The summed E-state index contributed by atoms with van der Waals surface area (Å²) in [6, 6.07) is 4.88. The highest BCUT2D eigenvalue weighted by molar-refractivity contribution is 7.14. The molecule has 4 rings (SSSR count). The summed E-state index contributed by atoms with van der Waals surface area (Å²) in [6.45, 7) is 6.77. The van der Waals surface area contributed by atoms with Crippen LogP contribution in [0.4, 0.5) is 0 Å². The van der Waals surface area contributed by atoms with Crippen molar-refractivity contribution < 1.29 is 9.59 Å². The van der Waals surface area contributed by atoms with Crippen molar-refractivity contribution in [2.75, 3.05) is 13.6 Å². The number of rotatable bonds is 9. The van der Waals surface area contributed by atoms with Crippen LogP contribution in [0.1, 0.15) is 106 Å². The molecule has 3 heterocycles. The minimum atomic E-state index is -0.0978. The van der Waals surface area contributed by atoms with Crippen molar-refractivity contribution in [2.24, 2.45) is 11.8 Å². The van der Waals surface area contributed by atoms with Gasteiger partial charge in [0.1, 0.15) is 5.84 Å². The molecule has 9 heteroatoms. The molecule has 0 radical (unpaired) electrons. The fraction of sp³-hybridized carbons (Fsp3) is 0.724. The number of amidine groups is 2. The molecule has 210 valence electrons. The lowest BCUT2D eigenvalue weighted by atomic mass is 9.88. The predicted molar refractivity (Wildman–Crippen MR) is 154 cm³/mol. The first kappa shape index (κ1) is 28.7. The molecule has 2 bridgehead atoms. The van der Waals surface area contributed by atoms with Crippen molar-refractivity contribution in [3.8, 4) is 0 Å². The zero-order chi connectivity index (χ0) is 27.4. The van der Waals surface area contributed by atoms with Crippen LogP contribution in [-0.2, 0) is 4.79 Å². The van der Waals surface area contributed by atoms with E-state index in [1.807, 2.05) is 30.9 Å². The van der Waals surface area contributed by atoms with Crippen molar-refractivity contribution in [3.05, 3.63) is 21.9 Å². The minimum Gasteiger partial charge on any atom is -0.354 e. The number of piperidine rings is 1. The summed E-state index contributed by atoms with van der Waals surface area (Å²) < 4.78 is 0. The molecule has 2 aliphatic heterocycles. The van der Waals surface area contributed by atoms with Gasteiger partial charge in [-0.15, -0.1) is 11.3 Å². The number of hydrogen-bond donors (Lipinski definition) is 4. The number of nitrogens with one attached hydrogen (secondary N) is 4. The SMILES string of the molecule is CNC(=O)c1ccc(C(CCN2C3CCC2CC(N(C(C)=N)C(=N)C(C)C)C3)NC(=O)C2CCCCC2)s1. The average Bonchev–Trinajstić information content (AvgIpc) is 3.48. The quantitative estimate of drug-likeness (QED) is 0.255. The van der Waals surface area contributed by atoms with Crippen LogP contribution in [0, 0.1) is 22.7 Å². The van der Waals surface area contributed by atoms with E-state index in [0.717, 1.165) is 69.2 Å². The summed E-state index contributed by atoms with van der Waals surface area (Å²) in [7, 11) is 1.65. The molecule has 1 aromatic rings. The zero-order valence-electron chi connectivity index (χ0n) is 23.5. The third-order valence-corrected chi connectivity index (χ3v) is 9.98. The molecule has 8 nitrogen and oxygen atoms in total. The molecule has 2 saturated heterocycles. The molecule has 38 heavy (non-hydrogen) atoms. The average molecular weight is 543 g/mol. The zero-order valence-corrected chi connectivity index (χ0v) is 24.3. The summed E-state index contributed by atoms with van der Waals surface area (Å²) in [6.07, 6.45) is 10.5. The first-order valence-corrected chi connectivity index (χ1v) is 15.3. The Kier molecular flexibility index (Phi) is 9.63. The molecule has 0 spiro atoms. The number of thiophene rings is 1. The minimum absolute atomic E-state index is 0.0864. The molecule has 3 aliphatic rings. The Hall–Kier alpha value is -2.26. The highest BCUT2D eigenvalue weighted by Gasteiger charge is 2.43. The van der Waals surface area contributed by atoms with Crippen LogP contribution in [0.15, 0.2) is 12.1 Å². The predicted octanol–water partition coefficient (Wildman–Crippen LogP) is 5.16. The maximum absolute atomic E-state index is 13.2. The van der Waals surface area contributed by atoms with Gasteiger partial charge in [-0.2, -0.15) is 0 Å². The number of nitrogens with zero attached hydrogens (tertiary/aromatic N) is 2. The van der Waals surface area contributed by atoms with E-state index in [2.05, 4.69) is 15.5 Å². The summed E-state index contributed by atoms with van der Waals surface area (Å²) in [5.41, 5.74) is 0. The Balaban J connectivity index is 1.45. The van der Waals surface area contributed by atoms with Gasteiger partial charge in [-0.25, -0.2) is 0 Å². The molecule has 3 atom stereocenters. The van der Waals surface area contributed by atoms with E-state index in [9.17, 15) is 9.59 Å². The highest BCUT2D eigenvalue weighted by atomic mass is 32.1. The van der Waals surface area contributed by atoms with Gasteiger partial charge in [0, 0.05) is 48.4 Å². The fourth-order valence-electron chi connectivity index (χ4n) is 6.75. The summed E-state index contributed by atoms with van der Waals surface area (Å²) >= 11 is 1.48. The standard InChI is InChI=1S/C29H46N6O2S/c1-18(2)27(31)35(19(3)30)23-16-21-10-11-22(17-23)34(21)15-14-24(25-12-13-26(38-25)29(37)32-4)33-28(36)20-8-6-5-7-9-20/h12-13,18,20-24,30-31H,5-11,14-17H2,1-4H3,(H,32,37)(H,33,36).